The van der Waals surface area contributed by atoms with Crippen LogP contribution in [0.25, 0.3) is 0 Å². The van der Waals surface area contributed by atoms with E-state index in [9.17, 15) is 4.79 Å². The van der Waals surface area contributed by atoms with E-state index in [0.717, 1.165) is 5.56 Å². The molecule has 0 spiro atoms. The molecule has 0 saturated carbocycles. The van der Waals surface area contributed by atoms with Gasteiger partial charge in [0, 0.05) is 18.7 Å². The summed E-state index contributed by atoms with van der Waals surface area (Å²) in [7, 11) is 0. The van der Waals surface area contributed by atoms with Crippen molar-refractivity contribution in [2.45, 2.75) is 29.8 Å². The van der Waals surface area contributed by atoms with Crippen LogP contribution in [0.15, 0.2) is 29.3 Å². The fourth-order valence-electron chi connectivity index (χ4n) is 1.92. The van der Waals surface area contributed by atoms with E-state index in [-0.39, 0.29) is 10.7 Å². The summed E-state index contributed by atoms with van der Waals surface area (Å²) in [5.41, 5.74) is 0.901. The summed E-state index contributed by atoms with van der Waals surface area (Å²) in [6.07, 6.45) is 1.81. The van der Waals surface area contributed by atoms with Gasteiger partial charge in [0.05, 0.1) is 4.75 Å². The number of aliphatic imine (C=N–C) groups is 1. The molecule has 0 fully saturated rings. The molecule has 0 aliphatic carbocycles. The number of benzene rings is 1. The molecule has 0 saturated heterocycles. The van der Waals surface area contributed by atoms with Crippen molar-refractivity contribution in [1.82, 2.24) is 0 Å². The van der Waals surface area contributed by atoms with Gasteiger partial charge in [-0.25, -0.2) is 0 Å². The van der Waals surface area contributed by atoms with Gasteiger partial charge in [0.2, 0.25) is 0 Å². The molecule has 0 bridgehead atoms. The molecule has 1 aliphatic rings. The Bertz CT molecular complexity index is 515. The van der Waals surface area contributed by atoms with E-state index in [4.69, 9.17) is 16.3 Å². The van der Waals surface area contributed by atoms with E-state index in [1.165, 1.54) is 18.7 Å². The first-order valence-corrected chi connectivity index (χ1v) is 6.75. The maximum atomic E-state index is 11.1. The van der Waals surface area contributed by atoms with Crippen LogP contribution in [0.2, 0.25) is 0 Å². The zero-order valence-corrected chi connectivity index (χ0v) is 12.0. The summed E-state index contributed by atoms with van der Waals surface area (Å²) in [5.74, 6) is 0.223. The van der Waals surface area contributed by atoms with Crippen molar-refractivity contribution in [3.05, 3.63) is 29.8 Å². The van der Waals surface area contributed by atoms with E-state index >= 15 is 0 Å². The lowest BCUT2D eigenvalue weighted by Gasteiger charge is -2.25. The molecular weight excluding hydrogens is 270 g/mol. The number of rotatable bonds is 2. The van der Waals surface area contributed by atoms with Crippen LogP contribution in [0, 0.1) is 0 Å². The zero-order valence-electron chi connectivity index (χ0n) is 10.4. The third-order valence-corrected chi connectivity index (χ3v) is 4.17. The van der Waals surface area contributed by atoms with Gasteiger partial charge in [-0.3, -0.25) is 9.79 Å². The van der Waals surface area contributed by atoms with Gasteiger partial charge in [-0.05, 0) is 19.9 Å². The van der Waals surface area contributed by atoms with Crippen LogP contribution in [-0.2, 0) is 9.54 Å². The van der Waals surface area contributed by atoms with Crippen molar-refractivity contribution in [2.75, 3.05) is 0 Å². The highest BCUT2D eigenvalue weighted by atomic mass is 35.5. The standard InChI is InChI=1S/C13H14ClNO2S/c1-9(16)17-11-7-5-4-6-10(11)12(2)8-15-13(3,14)18-12/h4-8H,1-3H3. The monoisotopic (exact) mass is 283 g/mol. The van der Waals surface area contributed by atoms with E-state index in [1.54, 1.807) is 6.07 Å². The van der Waals surface area contributed by atoms with Gasteiger partial charge >= 0.3 is 5.97 Å². The number of hydrogen-bond donors (Lipinski definition) is 0. The first-order chi connectivity index (χ1) is 8.32. The fraction of sp³-hybridized carbons (Fsp3) is 0.385. The molecule has 0 amide bonds. The highest BCUT2D eigenvalue weighted by Crippen LogP contribution is 2.52. The molecule has 0 N–H and O–H groups in total. The largest absolute Gasteiger partial charge is 0.426 e. The number of nitrogens with zero attached hydrogens (tertiary/aromatic N) is 1. The minimum Gasteiger partial charge on any atom is -0.426 e. The minimum absolute atomic E-state index is 0.334. The molecule has 2 unspecified atom stereocenters. The Kier molecular flexibility index (Phi) is 3.43. The molecule has 5 heteroatoms. The first-order valence-electron chi connectivity index (χ1n) is 5.56. The number of esters is 1. The highest BCUT2D eigenvalue weighted by Gasteiger charge is 2.41. The molecule has 3 nitrogen and oxygen atoms in total. The molecule has 1 aromatic rings. The molecule has 2 atom stereocenters. The Morgan fingerprint density at radius 3 is 2.61 bits per heavy atom. The molecular formula is C13H14ClNO2S. The van der Waals surface area contributed by atoms with Gasteiger partial charge in [-0.15, -0.1) is 0 Å². The third-order valence-electron chi connectivity index (χ3n) is 2.62. The fourth-order valence-corrected chi connectivity index (χ4v) is 3.72. The number of halogens is 1. The molecule has 18 heavy (non-hydrogen) atoms. The van der Waals surface area contributed by atoms with Gasteiger partial charge in [0.25, 0.3) is 0 Å². The minimum atomic E-state index is -0.669. The van der Waals surface area contributed by atoms with Crippen LogP contribution in [0.3, 0.4) is 0 Å². The number of thioether (sulfide) groups is 1. The average Bonchev–Trinajstić information content (AvgIpc) is 2.54. The first kappa shape index (κ1) is 13.4. The normalized spacial score (nSPS) is 30.4. The van der Waals surface area contributed by atoms with E-state index in [1.807, 2.05) is 38.3 Å². The topological polar surface area (TPSA) is 38.7 Å². The quantitative estimate of drug-likeness (QED) is 0.360. The van der Waals surface area contributed by atoms with Gasteiger partial charge < -0.3 is 4.74 Å². The second-order valence-electron chi connectivity index (χ2n) is 4.43. The van der Waals surface area contributed by atoms with Gasteiger partial charge in [-0.1, -0.05) is 41.6 Å². The Morgan fingerprint density at radius 1 is 1.39 bits per heavy atom. The lowest BCUT2D eigenvalue weighted by molar-refractivity contribution is -0.131. The van der Waals surface area contributed by atoms with Crippen LogP contribution in [0.4, 0.5) is 0 Å². The molecule has 1 heterocycles. The van der Waals surface area contributed by atoms with Crippen LogP contribution < -0.4 is 4.74 Å². The number of carbonyl (C=O) groups is 1. The van der Waals surface area contributed by atoms with Gasteiger partial charge in [0.15, 0.2) is 4.33 Å². The Labute approximate surface area is 116 Å². The lowest BCUT2D eigenvalue weighted by Crippen LogP contribution is -2.20. The number of alkyl halides is 1. The summed E-state index contributed by atoms with van der Waals surface area (Å²) in [6.45, 7) is 5.24. The van der Waals surface area contributed by atoms with Gasteiger partial charge in [-0.2, -0.15) is 0 Å². The molecule has 0 aromatic heterocycles. The Morgan fingerprint density at radius 2 is 2.06 bits per heavy atom. The zero-order chi connectivity index (χ0) is 13.4. The molecule has 96 valence electrons. The van der Waals surface area contributed by atoms with Crippen molar-refractivity contribution in [2.24, 2.45) is 4.99 Å². The number of carbonyl (C=O) groups excluding carboxylic acids is 1. The number of para-hydroxylation sites is 1. The maximum Gasteiger partial charge on any atom is 0.308 e. The summed E-state index contributed by atoms with van der Waals surface area (Å²) >= 11 is 7.73. The van der Waals surface area contributed by atoms with E-state index < -0.39 is 4.33 Å². The second-order valence-corrected chi connectivity index (χ2v) is 7.23. The summed E-state index contributed by atoms with van der Waals surface area (Å²) in [5, 5.41) is 0. The van der Waals surface area contributed by atoms with Crippen LogP contribution >= 0.6 is 23.4 Å². The van der Waals surface area contributed by atoms with Crippen LogP contribution in [-0.4, -0.2) is 16.5 Å². The lowest BCUT2D eigenvalue weighted by atomic mass is 10.0. The van der Waals surface area contributed by atoms with E-state index in [2.05, 4.69) is 4.99 Å². The molecule has 0 radical (unpaired) electrons. The van der Waals surface area contributed by atoms with Crippen molar-refractivity contribution in [1.29, 1.82) is 0 Å². The maximum absolute atomic E-state index is 11.1. The molecule has 1 aromatic carbocycles. The van der Waals surface area contributed by atoms with Crippen LogP contribution in [0.5, 0.6) is 5.75 Å². The van der Waals surface area contributed by atoms with Crippen LogP contribution in [0.1, 0.15) is 26.3 Å². The number of ether oxygens (including phenoxy) is 1. The van der Waals surface area contributed by atoms with Crippen molar-refractivity contribution < 1.29 is 9.53 Å². The summed E-state index contributed by atoms with van der Waals surface area (Å²) in [6, 6.07) is 7.45. The SMILES string of the molecule is CC(=O)Oc1ccccc1C1(C)C=NC(C)(Cl)S1. The predicted octanol–water partition coefficient (Wildman–Crippen LogP) is 3.56. The van der Waals surface area contributed by atoms with E-state index in [0.29, 0.717) is 5.75 Å². The number of hydrogen-bond acceptors (Lipinski definition) is 4. The predicted molar refractivity (Wildman–Crippen MR) is 75.4 cm³/mol. The molecule has 1 aliphatic heterocycles. The molecule has 2 rings (SSSR count). The Balaban J connectivity index is 2.40. The summed E-state index contributed by atoms with van der Waals surface area (Å²) < 4.78 is 4.18. The van der Waals surface area contributed by atoms with Crippen molar-refractivity contribution in [3.63, 3.8) is 0 Å². The average molecular weight is 284 g/mol. The Hall–Kier alpha value is -1.000. The third kappa shape index (κ3) is 2.70. The highest BCUT2D eigenvalue weighted by molar-refractivity contribution is 8.03. The van der Waals surface area contributed by atoms with Crippen molar-refractivity contribution in [3.8, 4) is 5.75 Å². The van der Waals surface area contributed by atoms with Crippen molar-refractivity contribution >= 4 is 35.5 Å². The van der Waals surface area contributed by atoms with Gasteiger partial charge in [0.1, 0.15) is 5.75 Å². The summed E-state index contributed by atoms with van der Waals surface area (Å²) in [4.78, 5) is 15.4. The second kappa shape index (κ2) is 4.59. The smallest absolute Gasteiger partial charge is 0.308 e.